The first-order chi connectivity index (χ1) is 14.9. The highest BCUT2D eigenvalue weighted by atomic mass is 32.1. The molecule has 1 amide bonds. The molecule has 0 aliphatic rings. The number of thiol groups is 2. The number of anilines is 1. The maximum atomic E-state index is 12.6. The van der Waals surface area contributed by atoms with Crippen molar-refractivity contribution in [2.24, 2.45) is 13.0 Å². The fourth-order valence-corrected chi connectivity index (χ4v) is 3.90. The van der Waals surface area contributed by atoms with Crippen molar-refractivity contribution in [2.75, 3.05) is 43.6 Å². The van der Waals surface area contributed by atoms with Gasteiger partial charge in [0.25, 0.3) is 0 Å². The molecule has 1 heterocycles. The van der Waals surface area contributed by atoms with Crippen LogP contribution in [0.4, 0.5) is 5.69 Å². The SMILES string of the molecule is CN(CCCN(C)c1ccc(C=Cc2cc[n+](C)cc2)cc1)C(=O)C(CS)CCCS. The third kappa shape index (κ3) is 8.62. The highest BCUT2D eigenvalue weighted by molar-refractivity contribution is 7.80. The molecule has 1 unspecified atom stereocenters. The molecule has 0 aliphatic carbocycles. The van der Waals surface area contributed by atoms with Crippen molar-refractivity contribution in [1.29, 1.82) is 0 Å². The molecule has 2 rings (SSSR count). The van der Waals surface area contributed by atoms with Crippen LogP contribution in [0.25, 0.3) is 12.2 Å². The number of carbonyl (C=O) groups is 1. The van der Waals surface area contributed by atoms with E-state index >= 15 is 0 Å². The molecule has 0 N–H and O–H groups in total. The predicted molar refractivity (Wildman–Crippen MR) is 139 cm³/mol. The summed E-state index contributed by atoms with van der Waals surface area (Å²) in [7, 11) is 6.01. The Morgan fingerprint density at radius 3 is 2.16 bits per heavy atom. The van der Waals surface area contributed by atoms with E-state index in [1.165, 1.54) is 16.8 Å². The zero-order valence-electron chi connectivity index (χ0n) is 18.9. The zero-order valence-corrected chi connectivity index (χ0v) is 20.7. The number of amides is 1. The van der Waals surface area contributed by atoms with Gasteiger partial charge >= 0.3 is 0 Å². The molecule has 1 aromatic carbocycles. The number of nitrogens with zero attached hydrogens (tertiary/aromatic N) is 3. The van der Waals surface area contributed by atoms with E-state index in [2.05, 4.69) is 85.8 Å². The molecule has 0 bridgehead atoms. The highest BCUT2D eigenvalue weighted by Gasteiger charge is 2.20. The molecule has 2 aromatic rings. The average Bonchev–Trinajstić information content (AvgIpc) is 2.79. The Balaban J connectivity index is 1.80. The van der Waals surface area contributed by atoms with Crippen molar-refractivity contribution >= 4 is 49.0 Å². The van der Waals surface area contributed by atoms with Gasteiger partial charge in [0.1, 0.15) is 7.05 Å². The monoisotopic (exact) mass is 458 g/mol. The van der Waals surface area contributed by atoms with Gasteiger partial charge in [-0.25, -0.2) is 4.57 Å². The molecule has 168 valence electrons. The Kier molecular flexibility index (Phi) is 11.0. The van der Waals surface area contributed by atoms with Crippen LogP contribution in [0.1, 0.15) is 30.4 Å². The van der Waals surface area contributed by atoms with Crippen LogP contribution in [0.15, 0.2) is 48.8 Å². The Hall–Kier alpha value is -1.92. The van der Waals surface area contributed by atoms with Crippen LogP contribution >= 0.6 is 25.3 Å². The molecule has 6 heteroatoms. The van der Waals surface area contributed by atoms with Crippen LogP contribution in [-0.4, -0.2) is 49.5 Å². The first-order valence-electron chi connectivity index (χ1n) is 10.9. The molecule has 0 saturated heterocycles. The molecule has 1 atom stereocenters. The van der Waals surface area contributed by atoms with E-state index in [4.69, 9.17) is 0 Å². The normalized spacial score (nSPS) is 12.2. The van der Waals surface area contributed by atoms with Crippen molar-refractivity contribution < 1.29 is 9.36 Å². The smallest absolute Gasteiger partial charge is 0.226 e. The molecular formula is C25H36N3OS2+. The Bertz CT molecular complexity index is 822. The first kappa shape index (κ1) is 25.3. The van der Waals surface area contributed by atoms with E-state index in [1.807, 2.05) is 36.0 Å². The van der Waals surface area contributed by atoms with Gasteiger partial charge in [-0.3, -0.25) is 4.79 Å². The molecule has 0 saturated carbocycles. The second-order valence-electron chi connectivity index (χ2n) is 8.00. The summed E-state index contributed by atoms with van der Waals surface area (Å²) in [6.07, 6.45) is 11.1. The molecule has 0 radical (unpaired) electrons. The van der Waals surface area contributed by atoms with Crippen molar-refractivity contribution in [3.05, 3.63) is 59.9 Å². The lowest BCUT2D eigenvalue weighted by Gasteiger charge is -2.25. The van der Waals surface area contributed by atoms with Crippen LogP contribution in [0.5, 0.6) is 0 Å². The topological polar surface area (TPSA) is 27.4 Å². The summed E-state index contributed by atoms with van der Waals surface area (Å²) >= 11 is 8.60. The quantitative estimate of drug-likeness (QED) is 0.368. The van der Waals surface area contributed by atoms with Gasteiger partial charge in [0, 0.05) is 56.7 Å². The summed E-state index contributed by atoms with van der Waals surface area (Å²) in [4.78, 5) is 16.7. The van der Waals surface area contributed by atoms with Gasteiger partial charge in [0.2, 0.25) is 5.91 Å². The zero-order chi connectivity index (χ0) is 22.6. The van der Waals surface area contributed by atoms with E-state index in [1.54, 1.807) is 0 Å². The van der Waals surface area contributed by atoms with Gasteiger partial charge in [0.05, 0.1) is 0 Å². The molecule has 1 aromatic heterocycles. The lowest BCUT2D eigenvalue weighted by Crippen LogP contribution is -2.35. The summed E-state index contributed by atoms with van der Waals surface area (Å²) < 4.78 is 2.03. The van der Waals surface area contributed by atoms with E-state index < -0.39 is 0 Å². The lowest BCUT2D eigenvalue weighted by molar-refractivity contribution is -0.671. The van der Waals surface area contributed by atoms with Crippen molar-refractivity contribution in [3.8, 4) is 0 Å². The molecule has 31 heavy (non-hydrogen) atoms. The molecular weight excluding hydrogens is 422 g/mol. The second-order valence-corrected chi connectivity index (χ2v) is 8.81. The minimum absolute atomic E-state index is 0.00234. The van der Waals surface area contributed by atoms with Gasteiger partial charge in [-0.15, -0.1) is 0 Å². The summed E-state index contributed by atoms with van der Waals surface area (Å²) in [6.45, 7) is 1.65. The number of pyridine rings is 1. The van der Waals surface area contributed by atoms with Crippen LogP contribution < -0.4 is 9.47 Å². The third-order valence-electron chi connectivity index (χ3n) is 5.45. The van der Waals surface area contributed by atoms with E-state index in [0.717, 1.165) is 38.1 Å². The van der Waals surface area contributed by atoms with Crippen molar-refractivity contribution in [3.63, 3.8) is 0 Å². The maximum Gasteiger partial charge on any atom is 0.226 e. The van der Waals surface area contributed by atoms with E-state index in [-0.39, 0.29) is 11.8 Å². The number of hydrogen-bond donors (Lipinski definition) is 2. The van der Waals surface area contributed by atoms with Crippen molar-refractivity contribution in [2.45, 2.75) is 19.3 Å². The van der Waals surface area contributed by atoms with Gasteiger partial charge in [-0.05, 0) is 48.3 Å². The fraction of sp³-hybridized carbons (Fsp3) is 0.440. The second kappa shape index (κ2) is 13.5. The predicted octanol–water partition coefficient (Wildman–Crippen LogP) is 4.22. The number of carbonyl (C=O) groups excluding carboxylic acids is 1. The Morgan fingerprint density at radius 1 is 0.968 bits per heavy atom. The van der Waals surface area contributed by atoms with Crippen molar-refractivity contribution in [1.82, 2.24) is 4.90 Å². The first-order valence-corrected chi connectivity index (χ1v) is 12.1. The Morgan fingerprint density at radius 2 is 1.58 bits per heavy atom. The summed E-state index contributed by atoms with van der Waals surface area (Å²) in [5.74, 6) is 1.60. The average molecular weight is 459 g/mol. The van der Waals surface area contributed by atoms with E-state index in [0.29, 0.717) is 5.75 Å². The summed E-state index contributed by atoms with van der Waals surface area (Å²) in [6, 6.07) is 12.8. The number of hydrogen-bond acceptors (Lipinski definition) is 4. The molecule has 4 nitrogen and oxygen atoms in total. The van der Waals surface area contributed by atoms with Crippen LogP contribution in [0.2, 0.25) is 0 Å². The molecule has 0 fully saturated rings. The van der Waals surface area contributed by atoms with Gasteiger partial charge in [-0.1, -0.05) is 24.3 Å². The molecule has 0 spiro atoms. The van der Waals surface area contributed by atoms with Gasteiger partial charge in [0.15, 0.2) is 12.4 Å². The minimum atomic E-state index is -0.00234. The number of aromatic nitrogens is 1. The lowest BCUT2D eigenvalue weighted by atomic mass is 10.0. The van der Waals surface area contributed by atoms with Crippen LogP contribution in [-0.2, 0) is 11.8 Å². The van der Waals surface area contributed by atoms with E-state index in [9.17, 15) is 4.79 Å². The van der Waals surface area contributed by atoms with Gasteiger partial charge in [-0.2, -0.15) is 25.3 Å². The van der Waals surface area contributed by atoms with Crippen LogP contribution in [0, 0.1) is 5.92 Å². The molecule has 0 aliphatic heterocycles. The Labute approximate surface area is 198 Å². The summed E-state index contributed by atoms with van der Waals surface area (Å²) in [5, 5.41) is 0. The summed E-state index contributed by atoms with van der Waals surface area (Å²) in [5.41, 5.74) is 3.54. The third-order valence-corrected chi connectivity index (χ3v) is 6.21. The standard InChI is InChI=1S/C25H35N3OS2/c1-26-17-13-22(14-18-26)8-7-21-9-11-24(12-10-21)27(2)15-5-16-28(3)25(29)23(20-31)6-4-19-30/h7-14,17-18,23H,4-6,15-16,19-20H2,1-3H3,(H-,30,31)/p+1. The van der Waals surface area contributed by atoms with Crippen LogP contribution in [0.3, 0.4) is 0 Å². The number of rotatable bonds is 12. The fourth-order valence-electron chi connectivity index (χ4n) is 3.38. The largest absolute Gasteiger partial charge is 0.375 e. The minimum Gasteiger partial charge on any atom is -0.375 e. The van der Waals surface area contributed by atoms with Gasteiger partial charge < -0.3 is 9.80 Å². The maximum absolute atomic E-state index is 12.6. The number of aryl methyl sites for hydroxylation is 1. The highest BCUT2D eigenvalue weighted by Crippen LogP contribution is 2.17. The number of benzene rings is 1.